The first-order chi connectivity index (χ1) is 11.3. The fourth-order valence-corrected chi connectivity index (χ4v) is 3.91. The highest BCUT2D eigenvalue weighted by Gasteiger charge is 2.13. The number of rotatable bonds is 5. The number of aryl methyl sites for hydroxylation is 1. The summed E-state index contributed by atoms with van der Waals surface area (Å²) in [6, 6.07) is 4.72. The Labute approximate surface area is 143 Å². The molecule has 7 nitrogen and oxygen atoms in total. The van der Waals surface area contributed by atoms with Gasteiger partial charge >= 0.3 is 5.97 Å². The fourth-order valence-electron chi connectivity index (χ4n) is 2.08. The van der Waals surface area contributed by atoms with Crippen LogP contribution in [0.3, 0.4) is 0 Å². The number of carbonyl (C=O) groups excluding carboxylic acids is 2. The van der Waals surface area contributed by atoms with Crippen LogP contribution in [0.5, 0.6) is 0 Å². The zero-order chi connectivity index (χ0) is 17.9. The number of carbonyl (C=O) groups is 2. The van der Waals surface area contributed by atoms with E-state index < -0.39 is 9.84 Å². The molecule has 0 N–H and O–H groups in total. The highest BCUT2D eigenvalue weighted by molar-refractivity contribution is 7.90. The molecule has 0 aliphatic heterocycles. The average molecular weight is 370 g/mol. The number of aromatic nitrogens is 1. The zero-order valence-electron chi connectivity index (χ0n) is 13.6. The number of hydrogen-bond donors (Lipinski definition) is 0. The third kappa shape index (κ3) is 4.09. The van der Waals surface area contributed by atoms with Gasteiger partial charge < -0.3 is 9.30 Å². The van der Waals surface area contributed by atoms with Gasteiger partial charge in [-0.2, -0.15) is 4.99 Å². The molecule has 1 heterocycles. The molecule has 0 spiro atoms. The molecule has 0 aliphatic carbocycles. The lowest BCUT2D eigenvalue weighted by Crippen LogP contribution is -2.19. The quantitative estimate of drug-likeness (QED) is 0.744. The standard InChI is InChI=1S/C15H18N2O5S2/c1-4-13(18)16-15-17(8-7-14(19)22-2)11-6-5-10(24(3,20)21)9-12(11)23-15/h5-6,9H,4,7-8H2,1-3H3. The maximum atomic E-state index is 11.7. The maximum absolute atomic E-state index is 11.7. The molecule has 9 heteroatoms. The molecule has 24 heavy (non-hydrogen) atoms. The maximum Gasteiger partial charge on any atom is 0.307 e. The Balaban J connectivity index is 2.62. The summed E-state index contributed by atoms with van der Waals surface area (Å²) < 4.78 is 30.5. The minimum absolute atomic E-state index is 0.129. The van der Waals surface area contributed by atoms with Gasteiger partial charge in [0.05, 0.1) is 28.6 Å². The Hall–Kier alpha value is -2.00. The first-order valence-corrected chi connectivity index (χ1v) is 9.95. The molecule has 1 aromatic carbocycles. The van der Waals surface area contributed by atoms with Gasteiger partial charge in [-0.25, -0.2) is 8.42 Å². The number of hydrogen-bond acceptors (Lipinski definition) is 6. The summed E-state index contributed by atoms with van der Waals surface area (Å²) in [5.74, 6) is -0.654. The summed E-state index contributed by atoms with van der Waals surface area (Å²) in [4.78, 5) is 27.8. The number of thiazole rings is 1. The molecule has 0 saturated carbocycles. The van der Waals surface area contributed by atoms with Crippen LogP contribution in [0.15, 0.2) is 28.1 Å². The summed E-state index contributed by atoms with van der Waals surface area (Å²) in [6.07, 6.45) is 1.53. The van der Waals surface area contributed by atoms with E-state index in [-0.39, 0.29) is 29.6 Å². The number of ether oxygens (including phenoxy) is 1. The second-order valence-electron chi connectivity index (χ2n) is 5.12. The summed E-state index contributed by atoms with van der Waals surface area (Å²) in [5.41, 5.74) is 0.721. The molecule has 1 aromatic heterocycles. The van der Waals surface area contributed by atoms with Crippen LogP contribution in [0, 0.1) is 0 Å². The van der Waals surface area contributed by atoms with Crippen LogP contribution >= 0.6 is 11.3 Å². The van der Waals surface area contributed by atoms with E-state index in [4.69, 9.17) is 0 Å². The van der Waals surface area contributed by atoms with Crippen molar-refractivity contribution in [3.63, 3.8) is 0 Å². The molecule has 2 rings (SSSR count). The molecule has 0 radical (unpaired) electrons. The normalized spacial score (nSPS) is 12.5. The summed E-state index contributed by atoms with van der Waals surface area (Å²) in [5, 5.41) is 0. The Morgan fingerprint density at radius 2 is 2.04 bits per heavy atom. The molecule has 0 bridgehead atoms. The van der Waals surface area contributed by atoms with Crippen LogP contribution in [0.25, 0.3) is 10.2 Å². The van der Waals surface area contributed by atoms with Gasteiger partial charge in [-0.05, 0) is 18.2 Å². The first-order valence-electron chi connectivity index (χ1n) is 7.24. The van der Waals surface area contributed by atoms with Crippen LogP contribution in [0.4, 0.5) is 0 Å². The summed E-state index contributed by atoms with van der Waals surface area (Å²) in [6.45, 7) is 2.00. The van der Waals surface area contributed by atoms with Crippen molar-refractivity contribution < 1.29 is 22.7 Å². The summed E-state index contributed by atoms with van der Waals surface area (Å²) >= 11 is 1.22. The minimum Gasteiger partial charge on any atom is -0.469 e. The van der Waals surface area contributed by atoms with E-state index in [1.54, 1.807) is 23.6 Å². The van der Waals surface area contributed by atoms with Crippen LogP contribution in [0.1, 0.15) is 19.8 Å². The Morgan fingerprint density at radius 1 is 1.33 bits per heavy atom. The van der Waals surface area contributed by atoms with E-state index in [2.05, 4.69) is 9.73 Å². The molecule has 130 valence electrons. The molecule has 1 amide bonds. The monoisotopic (exact) mass is 370 g/mol. The topological polar surface area (TPSA) is 94.8 Å². The lowest BCUT2D eigenvalue weighted by molar-refractivity contribution is -0.140. The Morgan fingerprint density at radius 3 is 2.62 bits per heavy atom. The third-order valence-corrected chi connectivity index (χ3v) is 5.52. The van der Waals surface area contributed by atoms with Gasteiger partial charge in [0, 0.05) is 19.2 Å². The zero-order valence-corrected chi connectivity index (χ0v) is 15.2. The fraction of sp³-hybridized carbons (Fsp3) is 0.400. The van der Waals surface area contributed by atoms with Gasteiger partial charge in [-0.1, -0.05) is 18.3 Å². The van der Waals surface area contributed by atoms with Gasteiger partial charge in [0.2, 0.25) is 5.91 Å². The molecule has 0 fully saturated rings. The van der Waals surface area contributed by atoms with Gasteiger partial charge in [0.25, 0.3) is 0 Å². The van der Waals surface area contributed by atoms with E-state index >= 15 is 0 Å². The minimum atomic E-state index is -3.33. The highest BCUT2D eigenvalue weighted by Crippen LogP contribution is 2.22. The number of esters is 1. The van der Waals surface area contributed by atoms with Crippen molar-refractivity contribution in [3.8, 4) is 0 Å². The van der Waals surface area contributed by atoms with Crippen LogP contribution in [0.2, 0.25) is 0 Å². The molecule has 0 atom stereocenters. The van der Waals surface area contributed by atoms with E-state index in [9.17, 15) is 18.0 Å². The number of amides is 1. The van der Waals surface area contributed by atoms with Crippen LogP contribution in [-0.4, -0.2) is 38.2 Å². The SMILES string of the molecule is CCC(=O)N=c1sc2cc(S(C)(=O)=O)ccc2n1CCC(=O)OC. The summed E-state index contributed by atoms with van der Waals surface area (Å²) in [7, 11) is -2.02. The highest BCUT2D eigenvalue weighted by atomic mass is 32.2. The van der Waals surface area contributed by atoms with Crippen molar-refractivity contribution in [2.24, 2.45) is 4.99 Å². The van der Waals surface area contributed by atoms with Crippen molar-refractivity contribution >= 4 is 43.3 Å². The lowest BCUT2D eigenvalue weighted by atomic mass is 10.3. The number of sulfone groups is 1. The third-order valence-electron chi connectivity index (χ3n) is 3.37. The molecular formula is C15H18N2O5S2. The average Bonchev–Trinajstić information content (AvgIpc) is 2.87. The van der Waals surface area contributed by atoms with Crippen molar-refractivity contribution in [2.45, 2.75) is 31.2 Å². The molecule has 2 aromatic rings. The second kappa shape index (κ2) is 7.27. The Kier molecular flexibility index (Phi) is 5.55. The second-order valence-corrected chi connectivity index (χ2v) is 8.15. The number of fused-ring (bicyclic) bond motifs is 1. The van der Waals surface area contributed by atoms with Gasteiger partial charge in [-0.15, -0.1) is 0 Å². The van der Waals surface area contributed by atoms with Crippen molar-refractivity contribution in [2.75, 3.05) is 13.4 Å². The number of benzene rings is 1. The predicted octanol–water partition coefficient (Wildman–Crippen LogP) is 1.51. The van der Waals surface area contributed by atoms with E-state index in [0.717, 1.165) is 11.8 Å². The number of nitrogens with zero attached hydrogens (tertiary/aromatic N) is 2. The molecule has 0 unspecified atom stereocenters. The van der Waals surface area contributed by atoms with Crippen LogP contribution < -0.4 is 4.80 Å². The van der Waals surface area contributed by atoms with Crippen molar-refractivity contribution in [1.29, 1.82) is 0 Å². The van der Waals surface area contributed by atoms with E-state index in [1.165, 1.54) is 24.5 Å². The van der Waals surface area contributed by atoms with E-state index in [1.807, 2.05) is 0 Å². The largest absolute Gasteiger partial charge is 0.469 e. The van der Waals surface area contributed by atoms with Crippen molar-refractivity contribution in [1.82, 2.24) is 4.57 Å². The predicted molar refractivity (Wildman–Crippen MR) is 90.4 cm³/mol. The van der Waals surface area contributed by atoms with Gasteiger partial charge in [-0.3, -0.25) is 9.59 Å². The van der Waals surface area contributed by atoms with E-state index in [0.29, 0.717) is 16.0 Å². The molecule has 0 aliphatic rings. The smallest absolute Gasteiger partial charge is 0.307 e. The lowest BCUT2D eigenvalue weighted by Gasteiger charge is -2.05. The molecule has 0 saturated heterocycles. The van der Waals surface area contributed by atoms with Gasteiger partial charge in [0.1, 0.15) is 0 Å². The first kappa shape index (κ1) is 18.3. The Bertz CT molecular complexity index is 954. The van der Waals surface area contributed by atoms with Crippen molar-refractivity contribution in [3.05, 3.63) is 23.0 Å². The molecular weight excluding hydrogens is 352 g/mol. The number of methoxy groups -OCH3 is 1. The van der Waals surface area contributed by atoms with Crippen LogP contribution in [-0.2, 0) is 30.7 Å². The van der Waals surface area contributed by atoms with Gasteiger partial charge in [0.15, 0.2) is 14.6 Å².